The van der Waals surface area contributed by atoms with Crippen molar-refractivity contribution in [2.45, 2.75) is 43.6 Å². The summed E-state index contributed by atoms with van der Waals surface area (Å²) in [6.07, 6.45) is 5.66. The molecular formula is C24H27ClFN5O2. The first-order chi connectivity index (χ1) is 15.7. The highest BCUT2D eigenvalue weighted by Crippen LogP contribution is 2.53. The van der Waals surface area contributed by atoms with E-state index in [9.17, 15) is 9.59 Å². The number of hydrogen-bond acceptors (Lipinski definition) is 5. The molecule has 2 fully saturated rings. The number of nitrogens with two attached hydrogens (primary N) is 1. The Morgan fingerprint density at radius 3 is 2.85 bits per heavy atom. The van der Waals surface area contributed by atoms with Gasteiger partial charge in [0.1, 0.15) is 11.6 Å². The van der Waals surface area contributed by atoms with Gasteiger partial charge in [0.15, 0.2) is 0 Å². The lowest BCUT2D eigenvalue weighted by atomic mass is 9.80. The molecule has 1 aromatic heterocycles. The fraction of sp³-hybridized carbons (Fsp3) is 0.458. The molecular weight excluding hydrogens is 445 g/mol. The maximum atomic E-state index is 15.6. The summed E-state index contributed by atoms with van der Waals surface area (Å²) in [5.41, 5.74) is 7.10. The number of benzene rings is 1. The fourth-order valence-electron chi connectivity index (χ4n) is 5.68. The van der Waals surface area contributed by atoms with Gasteiger partial charge in [0.25, 0.3) is 5.91 Å². The highest BCUT2D eigenvalue weighted by Gasteiger charge is 2.49. The van der Waals surface area contributed by atoms with Gasteiger partial charge in [-0.05, 0) is 37.8 Å². The van der Waals surface area contributed by atoms with Crippen molar-refractivity contribution in [3.8, 4) is 11.1 Å². The molecule has 174 valence electrons. The number of carbonyl (C=O) groups excluding carboxylic acids is 2. The number of pyridine rings is 1. The molecule has 2 atom stereocenters. The van der Waals surface area contributed by atoms with E-state index < -0.39 is 11.7 Å². The Balaban J connectivity index is 1.56. The Hall–Kier alpha value is -2.87. The van der Waals surface area contributed by atoms with Crippen molar-refractivity contribution in [2.24, 2.45) is 0 Å². The van der Waals surface area contributed by atoms with Gasteiger partial charge in [-0.3, -0.25) is 9.59 Å². The third-order valence-corrected chi connectivity index (χ3v) is 7.75. The van der Waals surface area contributed by atoms with E-state index in [1.54, 1.807) is 26.4 Å². The highest BCUT2D eigenvalue weighted by atomic mass is 35.5. The zero-order valence-corrected chi connectivity index (χ0v) is 19.5. The monoisotopic (exact) mass is 471 g/mol. The Kier molecular flexibility index (Phi) is 5.23. The molecule has 3 heterocycles. The molecule has 9 heteroatoms. The molecule has 2 aliphatic heterocycles. The molecule has 3 aliphatic rings. The molecule has 1 spiro atoms. The maximum absolute atomic E-state index is 15.6. The van der Waals surface area contributed by atoms with Crippen LogP contribution in [0.15, 0.2) is 18.3 Å². The Bertz CT molecular complexity index is 1170. The predicted molar refractivity (Wildman–Crippen MR) is 126 cm³/mol. The van der Waals surface area contributed by atoms with E-state index in [1.165, 1.54) is 11.0 Å². The lowest BCUT2D eigenvalue weighted by Crippen LogP contribution is -2.36. The second-order valence-electron chi connectivity index (χ2n) is 9.52. The van der Waals surface area contributed by atoms with Crippen LogP contribution in [0, 0.1) is 5.82 Å². The van der Waals surface area contributed by atoms with Crippen LogP contribution in [-0.2, 0) is 10.2 Å². The molecule has 5 rings (SSSR count). The largest absolute Gasteiger partial charge is 0.398 e. The molecule has 7 nitrogen and oxygen atoms in total. The summed E-state index contributed by atoms with van der Waals surface area (Å²) in [4.78, 5) is 32.7. The number of hydrogen-bond donors (Lipinski definition) is 2. The van der Waals surface area contributed by atoms with Crippen LogP contribution >= 0.6 is 11.6 Å². The molecule has 0 bridgehead atoms. The zero-order chi connectivity index (χ0) is 23.5. The van der Waals surface area contributed by atoms with Gasteiger partial charge in [0.2, 0.25) is 5.91 Å². The van der Waals surface area contributed by atoms with Crippen molar-refractivity contribution in [2.75, 3.05) is 38.2 Å². The van der Waals surface area contributed by atoms with Gasteiger partial charge >= 0.3 is 0 Å². The first-order valence-electron chi connectivity index (χ1n) is 11.3. The molecule has 1 aliphatic carbocycles. The summed E-state index contributed by atoms with van der Waals surface area (Å²) < 4.78 is 15.6. The van der Waals surface area contributed by atoms with E-state index in [4.69, 9.17) is 17.3 Å². The summed E-state index contributed by atoms with van der Waals surface area (Å²) in [5, 5.41) is 3.80. The van der Waals surface area contributed by atoms with Gasteiger partial charge in [-0.1, -0.05) is 11.6 Å². The standard InChI is InChI=1S/C24H27ClFN5O2/c1-30(2)23(33)18-16(27)6-5-14(21(18)26)15-11-28-22-19(20(15)25)24(12-29-22)8-7-13(10-24)31-9-3-4-17(31)32/h5-6,11,13H,3-4,7-10,12,27H2,1-2H3,(H,28,29). The number of rotatable bonds is 3. The van der Waals surface area contributed by atoms with E-state index in [0.29, 0.717) is 29.4 Å². The van der Waals surface area contributed by atoms with Crippen molar-refractivity contribution < 1.29 is 14.0 Å². The number of anilines is 2. The smallest absolute Gasteiger partial charge is 0.258 e. The number of nitrogen functional groups attached to an aromatic ring is 1. The number of likely N-dealkylation sites (tertiary alicyclic amines) is 1. The minimum absolute atomic E-state index is 0.0762. The number of amides is 2. The first-order valence-corrected chi connectivity index (χ1v) is 11.6. The van der Waals surface area contributed by atoms with E-state index in [2.05, 4.69) is 10.3 Å². The van der Waals surface area contributed by atoms with Crippen LogP contribution in [0.2, 0.25) is 5.02 Å². The second-order valence-corrected chi connectivity index (χ2v) is 9.90. The van der Waals surface area contributed by atoms with Crippen LogP contribution in [-0.4, -0.2) is 59.8 Å². The molecule has 0 radical (unpaired) electrons. The molecule has 2 unspecified atom stereocenters. The van der Waals surface area contributed by atoms with E-state index in [-0.39, 0.29) is 34.2 Å². The van der Waals surface area contributed by atoms with Crippen LogP contribution in [0.5, 0.6) is 0 Å². The number of nitrogens with zero attached hydrogens (tertiary/aromatic N) is 3. The third kappa shape index (κ3) is 3.34. The number of aromatic nitrogens is 1. The van der Waals surface area contributed by atoms with Gasteiger partial charge in [-0.2, -0.15) is 0 Å². The van der Waals surface area contributed by atoms with Gasteiger partial charge in [0, 0.05) is 73.6 Å². The van der Waals surface area contributed by atoms with Gasteiger partial charge < -0.3 is 20.9 Å². The minimum atomic E-state index is -0.704. The Morgan fingerprint density at radius 2 is 2.15 bits per heavy atom. The van der Waals surface area contributed by atoms with Gasteiger partial charge in [-0.25, -0.2) is 9.37 Å². The molecule has 2 amide bonds. The number of halogens is 2. The topological polar surface area (TPSA) is 91.6 Å². The van der Waals surface area contributed by atoms with Crippen LogP contribution in [0.4, 0.5) is 15.9 Å². The zero-order valence-electron chi connectivity index (χ0n) is 18.8. The quantitative estimate of drug-likeness (QED) is 0.666. The molecule has 33 heavy (non-hydrogen) atoms. The molecule has 3 N–H and O–H groups in total. The Labute approximate surface area is 197 Å². The van der Waals surface area contributed by atoms with Crippen molar-refractivity contribution in [1.82, 2.24) is 14.8 Å². The fourth-order valence-corrected chi connectivity index (χ4v) is 6.12. The summed E-state index contributed by atoms with van der Waals surface area (Å²) >= 11 is 6.95. The number of fused-ring (bicyclic) bond motifs is 2. The van der Waals surface area contributed by atoms with Gasteiger partial charge in [0.05, 0.1) is 10.6 Å². The van der Waals surface area contributed by atoms with Crippen LogP contribution < -0.4 is 11.1 Å². The summed E-state index contributed by atoms with van der Waals surface area (Å²) in [6.45, 7) is 1.50. The number of carbonyl (C=O) groups is 2. The molecule has 1 saturated heterocycles. The second kappa shape index (κ2) is 7.87. The highest BCUT2D eigenvalue weighted by molar-refractivity contribution is 6.34. The lowest BCUT2D eigenvalue weighted by Gasteiger charge is -2.28. The van der Waals surface area contributed by atoms with E-state index in [0.717, 1.165) is 37.8 Å². The van der Waals surface area contributed by atoms with Gasteiger partial charge in [-0.15, -0.1) is 0 Å². The lowest BCUT2D eigenvalue weighted by molar-refractivity contribution is -0.129. The van der Waals surface area contributed by atoms with Crippen molar-refractivity contribution >= 4 is 34.9 Å². The van der Waals surface area contributed by atoms with Crippen molar-refractivity contribution in [1.29, 1.82) is 0 Å². The minimum Gasteiger partial charge on any atom is -0.398 e. The van der Waals surface area contributed by atoms with E-state index in [1.807, 2.05) is 4.90 Å². The summed E-state index contributed by atoms with van der Waals surface area (Å²) in [6, 6.07) is 3.25. The van der Waals surface area contributed by atoms with Crippen LogP contribution in [0.1, 0.15) is 48.0 Å². The van der Waals surface area contributed by atoms with Crippen LogP contribution in [0.25, 0.3) is 11.1 Å². The van der Waals surface area contributed by atoms with Crippen LogP contribution in [0.3, 0.4) is 0 Å². The predicted octanol–water partition coefficient (Wildman–Crippen LogP) is 3.66. The molecule has 1 saturated carbocycles. The first kappa shape index (κ1) is 21.9. The normalized spacial score (nSPS) is 23.8. The number of nitrogens with one attached hydrogen (secondary N) is 1. The SMILES string of the molecule is CN(C)C(=O)c1c(N)ccc(-c2cnc3c(c2Cl)C2(CCC(N4CCCC4=O)C2)CN3)c1F. The summed E-state index contributed by atoms with van der Waals surface area (Å²) in [5.74, 6) is -0.283. The molecule has 1 aromatic carbocycles. The summed E-state index contributed by atoms with van der Waals surface area (Å²) in [7, 11) is 3.10. The Morgan fingerprint density at radius 1 is 1.36 bits per heavy atom. The average Bonchev–Trinajstić information content (AvgIpc) is 3.48. The maximum Gasteiger partial charge on any atom is 0.258 e. The average molecular weight is 472 g/mol. The third-order valence-electron chi connectivity index (χ3n) is 7.36. The molecule has 2 aromatic rings. The van der Waals surface area contributed by atoms with Crippen molar-refractivity contribution in [3.63, 3.8) is 0 Å². The van der Waals surface area contributed by atoms with E-state index >= 15 is 4.39 Å². The van der Waals surface area contributed by atoms with Crippen molar-refractivity contribution in [3.05, 3.63) is 40.3 Å².